The van der Waals surface area contributed by atoms with Crippen molar-refractivity contribution in [2.75, 3.05) is 26.3 Å². The van der Waals surface area contributed by atoms with Crippen LogP contribution in [0.4, 0.5) is 5.69 Å². The van der Waals surface area contributed by atoms with Gasteiger partial charge in [0.1, 0.15) is 0 Å². The smallest absolute Gasteiger partial charge is 0.305 e. The number of para-hydroxylation sites is 1. The summed E-state index contributed by atoms with van der Waals surface area (Å²) in [4.78, 5) is 21.7. The van der Waals surface area contributed by atoms with E-state index in [2.05, 4.69) is 5.32 Å². The molecule has 23 heavy (non-hydrogen) atoms. The fraction of sp³-hybridized carbons (Fsp3) is 0.529. The molecule has 1 aromatic rings. The van der Waals surface area contributed by atoms with Crippen LogP contribution in [-0.4, -0.2) is 43.3 Å². The molecule has 0 bridgehead atoms. The SMILES string of the molecule is CCOC(=O)CCCON1CCN/C1=N\c1c(C)cccc1C. The molecule has 0 unspecified atom stereocenters. The Morgan fingerprint density at radius 1 is 1.35 bits per heavy atom. The minimum Gasteiger partial charge on any atom is -0.466 e. The van der Waals surface area contributed by atoms with Gasteiger partial charge in [0, 0.05) is 13.0 Å². The normalized spacial score (nSPS) is 15.8. The van der Waals surface area contributed by atoms with E-state index in [-0.39, 0.29) is 5.97 Å². The summed E-state index contributed by atoms with van der Waals surface area (Å²) in [5.41, 5.74) is 3.24. The second-order valence-corrected chi connectivity index (χ2v) is 5.45. The van der Waals surface area contributed by atoms with E-state index in [4.69, 9.17) is 14.6 Å². The molecule has 1 aliphatic heterocycles. The summed E-state index contributed by atoms with van der Waals surface area (Å²) < 4.78 is 4.90. The third-order valence-electron chi connectivity index (χ3n) is 3.57. The molecule has 126 valence electrons. The number of carbonyl (C=O) groups excluding carboxylic acids is 1. The number of hydrogen-bond acceptors (Lipinski definition) is 4. The van der Waals surface area contributed by atoms with Crippen molar-refractivity contribution in [1.82, 2.24) is 10.4 Å². The summed E-state index contributed by atoms with van der Waals surface area (Å²) in [6.07, 6.45) is 1.00. The van der Waals surface area contributed by atoms with Gasteiger partial charge < -0.3 is 10.1 Å². The van der Waals surface area contributed by atoms with Crippen molar-refractivity contribution in [2.45, 2.75) is 33.6 Å². The highest BCUT2D eigenvalue weighted by Gasteiger charge is 2.19. The molecule has 1 heterocycles. The highest BCUT2D eigenvalue weighted by Crippen LogP contribution is 2.23. The van der Waals surface area contributed by atoms with Gasteiger partial charge in [0.2, 0.25) is 5.96 Å². The fourth-order valence-electron chi connectivity index (χ4n) is 2.40. The maximum absolute atomic E-state index is 11.3. The highest BCUT2D eigenvalue weighted by molar-refractivity contribution is 5.84. The first-order valence-electron chi connectivity index (χ1n) is 8.06. The monoisotopic (exact) mass is 319 g/mol. The van der Waals surface area contributed by atoms with Gasteiger partial charge in [-0.1, -0.05) is 18.2 Å². The minimum atomic E-state index is -0.180. The predicted octanol–water partition coefficient (Wildman–Crippen LogP) is 2.47. The largest absolute Gasteiger partial charge is 0.466 e. The Balaban J connectivity index is 1.90. The van der Waals surface area contributed by atoms with Crippen molar-refractivity contribution in [3.63, 3.8) is 0 Å². The maximum Gasteiger partial charge on any atom is 0.305 e. The van der Waals surface area contributed by atoms with E-state index >= 15 is 0 Å². The summed E-state index contributed by atoms with van der Waals surface area (Å²) >= 11 is 0. The van der Waals surface area contributed by atoms with Gasteiger partial charge in [-0.3, -0.25) is 9.63 Å². The quantitative estimate of drug-likeness (QED) is 0.618. The zero-order valence-corrected chi connectivity index (χ0v) is 14.1. The minimum absolute atomic E-state index is 0.180. The van der Waals surface area contributed by atoms with Crippen LogP contribution in [-0.2, 0) is 14.4 Å². The standard InChI is InChI=1S/C17H25N3O3/c1-4-22-15(21)9-6-12-23-20-11-10-18-17(20)19-16-13(2)7-5-8-14(16)3/h5,7-8H,4,6,9-12H2,1-3H3,(H,18,19). The van der Waals surface area contributed by atoms with Crippen LogP contribution in [0.25, 0.3) is 0 Å². The topological polar surface area (TPSA) is 63.2 Å². The van der Waals surface area contributed by atoms with Gasteiger partial charge in [-0.05, 0) is 38.3 Å². The Morgan fingerprint density at radius 3 is 2.78 bits per heavy atom. The number of aryl methyl sites for hydroxylation is 2. The first kappa shape index (κ1) is 17.3. The molecular weight excluding hydrogens is 294 g/mol. The molecule has 0 spiro atoms. The number of hydrogen-bond donors (Lipinski definition) is 1. The van der Waals surface area contributed by atoms with Crippen LogP contribution >= 0.6 is 0 Å². The maximum atomic E-state index is 11.3. The van der Waals surface area contributed by atoms with Crippen LogP contribution in [0.2, 0.25) is 0 Å². The molecule has 0 atom stereocenters. The van der Waals surface area contributed by atoms with E-state index in [1.165, 1.54) is 0 Å². The molecule has 0 aliphatic carbocycles. The van der Waals surface area contributed by atoms with Crippen molar-refractivity contribution in [2.24, 2.45) is 4.99 Å². The molecule has 0 saturated carbocycles. The van der Waals surface area contributed by atoms with Gasteiger partial charge in [0.15, 0.2) is 0 Å². The molecule has 2 rings (SSSR count). The summed E-state index contributed by atoms with van der Waals surface area (Å²) in [6, 6.07) is 6.12. The van der Waals surface area contributed by atoms with Gasteiger partial charge >= 0.3 is 5.97 Å². The zero-order chi connectivity index (χ0) is 16.7. The summed E-state index contributed by atoms with van der Waals surface area (Å²) in [6.45, 7) is 8.32. The van der Waals surface area contributed by atoms with Crippen molar-refractivity contribution >= 4 is 17.6 Å². The lowest BCUT2D eigenvalue weighted by Crippen LogP contribution is -2.30. The first-order valence-corrected chi connectivity index (χ1v) is 8.06. The number of nitrogens with zero attached hydrogens (tertiary/aromatic N) is 2. The van der Waals surface area contributed by atoms with E-state index in [0.29, 0.717) is 26.1 Å². The van der Waals surface area contributed by atoms with E-state index in [1.807, 2.05) is 32.0 Å². The third kappa shape index (κ3) is 4.96. The average molecular weight is 319 g/mol. The molecule has 6 nitrogen and oxygen atoms in total. The molecule has 0 aromatic heterocycles. The number of aliphatic imine (C=N–C) groups is 1. The molecule has 0 amide bonds. The molecule has 1 N–H and O–H groups in total. The van der Waals surface area contributed by atoms with Crippen molar-refractivity contribution in [3.8, 4) is 0 Å². The molecule has 1 aromatic carbocycles. The molecule has 0 radical (unpaired) electrons. The van der Waals surface area contributed by atoms with Crippen LogP contribution < -0.4 is 5.32 Å². The van der Waals surface area contributed by atoms with Gasteiger partial charge in [-0.15, -0.1) is 0 Å². The number of nitrogens with one attached hydrogen (secondary N) is 1. The number of esters is 1. The molecule has 1 fully saturated rings. The Bertz CT molecular complexity index is 552. The highest BCUT2D eigenvalue weighted by atomic mass is 16.7. The predicted molar refractivity (Wildman–Crippen MR) is 89.5 cm³/mol. The molecule has 1 aliphatic rings. The van der Waals surface area contributed by atoms with Gasteiger partial charge in [0.05, 0.1) is 25.4 Å². The van der Waals surface area contributed by atoms with Crippen LogP contribution in [0.15, 0.2) is 23.2 Å². The number of hydroxylamine groups is 2. The second-order valence-electron chi connectivity index (χ2n) is 5.45. The molecular formula is C17H25N3O3. The van der Waals surface area contributed by atoms with Crippen LogP contribution in [0.3, 0.4) is 0 Å². The first-order chi connectivity index (χ1) is 11.1. The Morgan fingerprint density at radius 2 is 2.09 bits per heavy atom. The number of guanidine groups is 1. The summed E-state index contributed by atoms with van der Waals surface area (Å²) in [5, 5.41) is 5.00. The number of ether oxygens (including phenoxy) is 1. The number of carbonyl (C=O) groups is 1. The van der Waals surface area contributed by atoms with Crippen LogP contribution in [0.5, 0.6) is 0 Å². The van der Waals surface area contributed by atoms with Crippen molar-refractivity contribution < 1.29 is 14.4 Å². The molecule has 1 saturated heterocycles. The van der Waals surface area contributed by atoms with E-state index in [0.717, 1.165) is 35.9 Å². The van der Waals surface area contributed by atoms with Crippen molar-refractivity contribution in [3.05, 3.63) is 29.3 Å². The summed E-state index contributed by atoms with van der Waals surface area (Å²) in [7, 11) is 0. The van der Waals surface area contributed by atoms with Crippen molar-refractivity contribution in [1.29, 1.82) is 0 Å². The van der Waals surface area contributed by atoms with E-state index in [1.54, 1.807) is 12.0 Å². The lowest BCUT2D eigenvalue weighted by molar-refractivity contribution is -0.144. The van der Waals surface area contributed by atoms with Crippen LogP contribution in [0, 0.1) is 13.8 Å². The average Bonchev–Trinajstić information content (AvgIpc) is 2.95. The van der Waals surface area contributed by atoms with Crippen LogP contribution in [0.1, 0.15) is 30.9 Å². The fourth-order valence-corrected chi connectivity index (χ4v) is 2.40. The van der Waals surface area contributed by atoms with Gasteiger partial charge in [-0.2, -0.15) is 0 Å². The molecule has 6 heteroatoms. The Labute approximate surface area is 137 Å². The van der Waals surface area contributed by atoms with E-state index in [9.17, 15) is 4.79 Å². The summed E-state index contributed by atoms with van der Waals surface area (Å²) in [5.74, 6) is 0.540. The second kappa shape index (κ2) is 8.53. The number of benzene rings is 1. The van der Waals surface area contributed by atoms with Gasteiger partial charge in [-0.25, -0.2) is 10.1 Å². The lowest BCUT2D eigenvalue weighted by atomic mass is 10.1. The third-order valence-corrected chi connectivity index (χ3v) is 3.57. The number of rotatable bonds is 7. The Kier molecular flexibility index (Phi) is 6.40. The zero-order valence-electron chi connectivity index (χ0n) is 14.1. The van der Waals surface area contributed by atoms with E-state index < -0.39 is 0 Å². The Hall–Kier alpha value is -2.08. The van der Waals surface area contributed by atoms with Gasteiger partial charge in [0.25, 0.3) is 0 Å². The lowest BCUT2D eigenvalue weighted by Gasteiger charge is -2.17.